The van der Waals surface area contributed by atoms with Gasteiger partial charge in [0.25, 0.3) is 5.69 Å². The maximum atomic E-state index is 12.8. The normalized spacial score (nSPS) is 19.1. The molecule has 0 unspecified atom stereocenters. The SMILES string of the molecule is C[C@@H](O)[C@H]1C(=O)N2C(C(=O)OCOC(=O)C(C)(C)C)=C(SCCNC(=O)OCc3ccc([N+](=O)[O-])cc3)C[C@H]12. The lowest BCUT2D eigenvalue weighted by atomic mass is 9.83. The van der Waals surface area contributed by atoms with Crippen molar-refractivity contribution in [3.05, 3.63) is 50.5 Å². The predicted octanol–water partition coefficient (Wildman–Crippen LogP) is 2.47. The van der Waals surface area contributed by atoms with Crippen LogP contribution < -0.4 is 5.32 Å². The second kappa shape index (κ2) is 12.5. The monoisotopic (exact) mass is 565 g/mol. The van der Waals surface area contributed by atoms with Crippen LogP contribution in [0.3, 0.4) is 0 Å². The number of fused-ring (bicyclic) bond motifs is 1. The van der Waals surface area contributed by atoms with Gasteiger partial charge in [0, 0.05) is 35.8 Å². The van der Waals surface area contributed by atoms with Crippen molar-refractivity contribution >= 4 is 41.4 Å². The number of rotatable bonds is 11. The molecule has 3 atom stereocenters. The second-order valence-electron chi connectivity index (χ2n) is 10.0. The summed E-state index contributed by atoms with van der Waals surface area (Å²) >= 11 is 1.25. The summed E-state index contributed by atoms with van der Waals surface area (Å²) in [4.78, 5) is 61.5. The first-order valence-corrected chi connectivity index (χ1v) is 13.1. The summed E-state index contributed by atoms with van der Waals surface area (Å²) in [6.45, 7) is 5.99. The third kappa shape index (κ3) is 7.26. The molecule has 212 valence electrons. The molecule has 0 bridgehead atoms. The summed E-state index contributed by atoms with van der Waals surface area (Å²) in [5, 5.41) is 23.3. The average molecular weight is 566 g/mol. The first kappa shape index (κ1) is 29.9. The topological polar surface area (TPSA) is 175 Å². The molecule has 1 aromatic rings. The molecule has 0 aromatic heterocycles. The van der Waals surface area contributed by atoms with Crippen LogP contribution in [0.2, 0.25) is 0 Å². The number of thioether (sulfide) groups is 1. The van der Waals surface area contributed by atoms with Gasteiger partial charge >= 0.3 is 18.0 Å². The fraction of sp³-hybridized carbons (Fsp3) is 0.520. The zero-order chi connectivity index (χ0) is 28.9. The number of nitrogens with zero attached hydrogens (tertiary/aromatic N) is 2. The molecule has 0 aliphatic carbocycles. The molecule has 3 rings (SSSR count). The van der Waals surface area contributed by atoms with Gasteiger partial charge in [-0.05, 0) is 45.4 Å². The van der Waals surface area contributed by atoms with Crippen molar-refractivity contribution in [1.82, 2.24) is 10.2 Å². The van der Waals surface area contributed by atoms with E-state index in [1.807, 2.05) is 0 Å². The van der Waals surface area contributed by atoms with Gasteiger partial charge in [-0.2, -0.15) is 0 Å². The number of nitro groups is 1. The maximum Gasteiger partial charge on any atom is 0.407 e. The molecule has 2 aliphatic heterocycles. The minimum atomic E-state index is -0.889. The Morgan fingerprint density at radius 1 is 1.21 bits per heavy atom. The Morgan fingerprint density at radius 3 is 2.46 bits per heavy atom. The van der Waals surface area contributed by atoms with Crippen molar-refractivity contribution in [2.24, 2.45) is 11.3 Å². The van der Waals surface area contributed by atoms with E-state index >= 15 is 0 Å². The van der Waals surface area contributed by atoms with Crippen LogP contribution in [0.4, 0.5) is 10.5 Å². The number of carbonyl (C=O) groups excluding carboxylic acids is 4. The molecule has 13 nitrogen and oxygen atoms in total. The van der Waals surface area contributed by atoms with Crippen LogP contribution in [0.1, 0.15) is 39.7 Å². The van der Waals surface area contributed by atoms with E-state index in [9.17, 15) is 34.4 Å². The highest BCUT2D eigenvalue weighted by Gasteiger charge is 2.57. The van der Waals surface area contributed by atoms with Gasteiger partial charge in [-0.15, -0.1) is 11.8 Å². The van der Waals surface area contributed by atoms with E-state index in [1.165, 1.54) is 47.9 Å². The number of amides is 2. The summed E-state index contributed by atoms with van der Waals surface area (Å²) in [7, 11) is 0. The lowest BCUT2D eigenvalue weighted by Crippen LogP contribution is -2.61. The number of aliphatic hydroxyl groups is 1. The summed E-state index contributed by atoms with van der Waals surface area (Å²) in [5.74, 6) is -2.07. The number of alkyl carbamates (subject to hydrolysis) is 1. The van der Waals surface area contributed by atoms with Gasteiger partial charge in [0.15, 0.2) is 0 Å². The third-order valence-corrected chi connectivity index (χ3v) is 7.16. The minimum Gasteiger partial charge on any atom is -0.445 e. The highest BCUT2D eigenvalue weighted by molar-refractivity contribution is 8.03. The second-order valence-corrected chi connectivity index (χ2v) is 11.2. The van der Waals surface area contributed by atoms with Crippen molar-refractivity contribution in [3.63, 3.8) is 0 Å². The van der Waals surface area contributed by atoms with Gasteiger partial charge in [0.2, 0.25) is 12.7 Å². The molecule has 0 spiro atoms. The molecule has 2 aliphatic rings. The molecule has 14 heteroatoms. The summed E-state index contributed by atoms with van der Waals surface area (Å²) in [6.07, 6.45) is -1.24. The van der Waals surface area contributed by atoms with Gasteiger partial charge in [-0.25, -0.2) is 9.59 Å². The Bertz CT molecular complexity index is 1160. The van der Waals surface area contributed by atoms with Crippen molar-refractivity contribution < 1.29 is 43.4 Å². The van der Waals surface area contributed by atoms with E-state index < -0.39 is 53.1 Å². The predicted molar refractivity (Wildman–Crippen MR) is 138 cm³/mol. The van der Waals surface area contributed by atoms with Gasteiger partial charge in [0.05, 0.1) is 28.4 Å². The number of aliphatic hydroxyl groups excluding tert-OH is 1. The number of non-ortho nitro benzene ring substituents is 1. The number of benzene rings is 1. The number of esters is 2. The van der Waals surface area contributed by atoms with Crippen LogP contribution in [-0.2, 0) is 35.2 Å². The summed E-state index contributed by atoms with van der Waals surface area (Å²) in [6, 6.07) is 5.22. The van der Waals surface area contributed by atoms with E-state index in [2.05, 4.69) is 5.32 Å². The van der Waals surface area contributed by atoms with E-state index in [0.717, 1.165) is 0 Å². The fourth-order valence-electron chi connectivity index (χ4n) is 4.01. The number of ether oxygens (including phenoxy) is 3. The van der Waals surface area contributed by atoms with E-state index in [-0.39, 0.29) is 30.6 Å². The lowest BCUT2D eigenvalue weighted by Gasteiger charge is -2.44. The largest absolute Gasteiger partial charge is 0.445 e. The molecule has 2 N–H and O–H groups in total. The molecule has 0 radical (unpaired) electrons. The first-order valence-electron chi connectivity index (χ1n) is 12.2. The Kier molecular flexibility index (Phi) is 9.56. The van der Waals surface area contributed by atoms with Gasteiger partial charge < -0.3 is 29.5 Å². The lowest BCUT2D eigenvalue weighted by molar-refractivity contribution is -0.384. The highest BCUT2D eigenvalue weighted by Crippen LogP contribution is 2.47. The Morgan fingerprint density at radius 2 is 1.87 bits per heavy atom. The highest BCUT2D eigenvalue weighted by atomic mass is 32.2. The molecular formula is C25H31N3O10S. The van der Waals surface area contributed by atoms with Crippen LogP contribution in [-0.4, -0.2) is 70.1 Å². The Labute approximate surface area is 229 Å². The Balaban J connectivity index is 1.53. The molecule has 39 heavy (non-hydrogen) atoms. The van der Waals surface area contributed by atoms with Gasteiger partial charge in [0.1, 0.15) is 12.3 Å². The zero-order valence-corrected chi connectivity index (χ0v) is 22.8. The van der Waals surface area contributed by atoms with E-state index in [1.54, 1.807) is 20.8 Å². The van der Waals surface area contributed by atoms with Crippen molar-refractivity contribution in [2.75, 3.05) is 19.1 Å². The molecule has 2 amide bonds. The van der Waals surface area contributed by atoms with Crippen LogP contribution in [0, 0.1) is 21.4 Å². The molecule has 1 fully saturated rings. The standard InChI is InChI=1S/C25H31N3O10S/c1-14(29)19-17-11-18(20(27(17)21(19)30)22(31)37-13-38-23(32)25(2,3)4)39-10-9-26-24(33)36-12-15-5-7-16(8-6-15)28(34)35/h5-8,14,17,19,29H,9-13H2,1-4H3,(H,26,33)/t14-,17-,19-/m1/s1. The third-order valence-electron chi connectivity index (χ3n) is 6.04. The number of nitrogens with one attached hydrogen (secondary N) is 1. The summed E-state index contributed by atoms with van der Waals surface area (Å²) in [5.41, 5.74) is -0.222. The number of β-lactam (4-membered cyclic amide) rings is 1. The Hall–Kier alpha value is -3.65. The molecule has 0 saturated carbocycles. The number of hydrogen-bond acceptors (Lipinski definition) is 11. The van der Waals surface area contributed by atoms with Crippen molar-refractivity contribution in [1.29, 1.82) is 0 Å². The smallest absolute Gasteiger partial charge is 0.407 e. The zero-order valence-electron chi connectivity index (χ0n) is 22.0. The van der Waals surface area contributed by atoms with Crippen LogP contribution in [0.5, 0.6) is 0 Å². The summed E-state index contributed by atoms with van der Waals surface area (Å²) < 4.78 is 15.2. The fourth-order valence-corrected chi connectivity index (χ4v) is 5.07. The van der Waals surface area contributed by atoms with Crippen molar-refractivity contribution in [2.45, 2.75) is 52.9 Å². The van der Waals surface area contributed by atoms with Crippen LogP contribution >= 0.6 is 11.8 Å². The minimum absolute atomic E-state index is 0.0412. The van der Waals surface area contributed by atoms with Gasteiger partial charge in [-0.1, -0.05) is 0 Å². The molecular weight excluding hydrogens is 534 g/mol. The van der Waals surface area contributed by atoms with E-state index in [4.69, 9.17) is 14.2 Å². The maximum absolute atomic E-state index is 12.8. The van der Waals surface area contributed by atoms with Crippen LogP contribution in [0.15, 0.2) is 34.9 Å². The van der Waals surface area contributed by atoms with Crippen LogP contribution in [0.25, 0.3) is 0 Å². The molecule has 1 saturated heterocycles. The first-order chi connectivity index (χ1) is 18.3. The average Bonchev–Trinajstić information content (AvgIpc) is 3.18. The number of hydrogen-bond donors (Lipinski definition) is 2. The molecule has 1 aromatic carbocycles. The van der Waals surface area contributed by atoms with E-state index in [0.29, 0.717) is 22.6 Å². The number of nitro benzene ring substituents is 1. The van der Waals surface area contributed by atoms with Gasteiger partial charge in [-0.3, -0.25) is 19.7 Å². The number of carbonyl (C=O) groups is 4. The van der Waals surface area contributed by atoms with Crippen molar-refractivity contribution in [3.8, 4) is 0 Å². The molecule has 2 heterocycles. The quantitative estimate of drug-likeness (QED) is 0.101.